The van der Waals surface area contributed by atoms with Crippen LogP contribution in [-0.2, 0) is 11.3 Å². The van der Waals surface area contributed by atoms with Gasteiger partial charge in [0.15, 0.2) is 6.54 Å². The highest BCUT2D eigenvalue weighted by atomic mass is 35.5. The maximum Gasteiger partial charge on any atom is 0.279 e. The van der Waals surface area contributed by atoms with Gasteiger partial charge in [-0.15, -0.1) is 0 Å². The molecule has 3 N–H and O–H groups in total. The van der Waals surface area contributed by atoms with Crippen LogP contribution in [0.15, 0.2) is 42.5 Å². The number of carbonyl (C=O) groups is 1. The van der Waals surface area contributed by atoms with Crippen molar-refractivity contribution < 1.29 is 19.3 Å². The number of para-hydroxylation sites is 1. The van der Waals surface area contributed by atoms with Gasteiger partial charge in [0, 0.05) is 10.6 Å². The van der Waals surface area contributed by atoms with Crippen molar-refractivity contribution in [2.45, 2.75) is 6.54 Å². The van der Waals surface area contributed by atoms with Crippen molar-refractivity contribution in [3.8, 4) is 5.75 Å². The highest BCUT2D eigenvalue weighted by Crippen LogP contribution is 2.22. The van der Waals surface area contributed by atoms with E-state index in [0.29, 0.717) is 17.3 Å². The molecule has 3 rings (SSSR count). The molecule has 7 heteroatoms. The SMILES string of the molecule is COc1ccc(Cl)cc1C[NH+]1CC[NH+](CC(=O)Nc2ccccc2Cl)CC1. The molecule has 0 saturated carbocycles. The molecule has 5 nitrogen and oxygen atoms in total. The number of rotatable bonds is 6. The summed E-state index contributed by atoms with van der Waals surface area (Å²) in [4.78, 5) is 15.1. The predicted molar refractivity (Wildman–Crippen MR) is 108 cm³/mol. The third-order valence-corrected chi connectivity index (χ3v) is 5.47. The first kappa shape index (κ1) is 20.0. The van der Waals surface area contributed by atoms with Crippen LogP contribution in [0.25, 0.3) is 0 Å². The molecule has 0 unspecified atom stereocenters. The van der Waals surface area contributed by atoms with Gasteiger partial charge < -0.3 is 19.9 Å². The zero-order valence-electron chi connectivity index (χ0n) is 15.4. The molecule has 1 heterocycles. The highest BCUT2D eigenvalue weighted by Gasteiger charge is 2.25. The second-order valence-corrected chi connectivity index (χ2v) is 7.68. The number of carbonyl (C=O) groups excluding carboxylic acids is 1. The van der Waals surface area contributed by atoms with E-state index in [2.05, 4.69) is 5.32 Å². The Morgan fingerprint density at radius 1 is 1.07 bits per heavy atom. The molecule has 27 heavy (non-hydrogen) atoms. The number of amides is 1. The zero-order valence-corrected chi connectivity index (χ0v) is 16.9. The van der Waals surface area contributed by atoms with Crippen molar-refractivity contribution in [2.24, 2.45) is 0 Å². The molecule has 1 amide bonds. The molecule has 0 radical (unpaired) electrons. The molecular weight excluding hydrogens is 385 g/mol. The molecule has 1 aliphatic heterocycles. The summed E-state index contributed by atoms with van der Waals surface area (Å²) in [6, 6.07) is 13.0. The van der Waals surface area contributed by atoms with Gasteiger partial charge in [-0.25, -0.2) is 0 Å². The molecule has 0 atom stereocenters. The van der Waals surface area contributed by atoms with Crippen LogP contribution >= 0.6 is 23.2 Å². The Balaban J connectivity index is 1.48. The summed E-state index contributed by atoms with van der Waals surface area (Å²) in [7, 11) is 1.68. The van der Waals surface area contributed by atoms with Crippen LogP contribution in [0, 0.1) is 0 Å². The van der Waals surface area contributed by atoms with Crippen molar-refractivity contribution in [1.29, 1.82) is 0 Å². The van der Waals surface area contributed by atoms with Crippen molar-refractivity contribution in [3.05, 3.63) is 58.1 Å². The molecular formula is C20H25Cl2N3O2+2. The Labute approximate surface area is 169 Å². The summed E-state index contributed by atoms with van der Waals surface area (Å²) in [5, 5.41) is 4.19. The molecule has 144 valence electrons. The minimum Gasteiger partial charge on any atom is -0.496 e. The van der Waals surface area contributed by atoms with E-state index in [1.807, 2.05) is 36.4 Å². The number of anilines is 1. The third kappa shape index (κ3) is 5.59. The van der Waals surface area contributed by atoms with E-state index in [0.717, 1.165) is 49.1 Å². The number of nitrogens with one attached hydrogen (secondary N) is 3. The number of benzene rings is 2. The molecule has 0 aromatic heterocycles. The van der Waals surface area contributed by atoms with E-state index in [1.165, 1.54) is 9.80 Å². The van der Waals surface area contributed by atoms with Crippen molar-refractivity contribution in [1.82, 2.24) is 0 Å². The van der Waals surface area contributed by atoms with Gasteiger partial charge in [-0.05, 0) is 30.3 Å². The van der Waals surface area contributed by atoms with Crippen molar-refractivity contribution in [3.63, 3.8) is 0 Å². The van der Waals surface area contributed by atoms with E-state index in [-0.39, 0.29) is 5.91 Å². The summed E-state index contributed by atoms with van der Waals surface area (Å²) in [5.41, 5.74) is 1.79. The Hall–Kier alpha value is -1.79. The van der Waals surface area contributed by atoms with Crippen LogP contribution in [0.3, 0.4) is 0 Å². The summed E-state index contributed by atoms with van der Waals surface area (Å²) in [6.45, 7) is 5.25. The number of ether oxygens (including phenoxy) is 1. The van der Waals surface area contributed by atoms with Crippen LogP contribution in [0.1, 0.15) is 5.56 Å². The van der Waals surface area contributed by atoms with Gasteiger partial charge in [-0.3, -0.25) is 4.79 Å². The maximum absolute atomic E-state index is 12.3. The first-order valence-electron chi connectivity index (χ1n) is 9.09. The topological polar surface area (TPSA) is 47.2 Å². The minimum atomic E-state index is -0.00180. The lowest BCUT2D eigenvalue weighted by atomic mass is 10.1. The summed E-state index contributed by atoms with van der Waals surface area (Å²) in [6.07, 6.45) is 0. The largest absolute Gasteiger partial charge is 0.496 e. The van der Waals surface area contributed by atoms with Crippen LogP contribution in [0.2, 0.25) is 10.0 Å². The maximum atomic E-state index is 12.3. The lowest BCUT2D eigenvalue weighted by Crippen LogP contribution is -3.28. The summed E-state index contributed by atoms with van der Waals surface area (Å²) < 4.78 is 5.44. The fourth-order valence-corrected chi connectivity index (χ4v) is 3.83. The fourth-order valence-electron chi connectivity index (χ4n) is 3.45. The highest BCUT2D eigenvalue weighted by molar-refractivity contribution is 6.33. The van der Waals surface area contributed by atoms with Gasteiger partial charge in [0.25, 0.3) is 5.91 Å². The number of quaternary nitrogens is 2. The van der Waals surface area contributed by atoms with Crippen molar-refractivity contribution in [2.75, 3.05) is 45.2 Å². The Bertz CT molecular complexity index is 793. The Morgan fingerprint density at radius 2 is 1.78 bits per heavy atom. The van der Waals surface area contributed by atoms with Crippen LogP contribution < -0.4 is 19.9 Å². The number of hydrogen-bond donors (Lipinski definition) is 3. The van der Waals surface area contributed by atoms with Crippen LogP contribution in [-0.4, -0.2) is 45.7 Å². The van der Waals surface area contributed by atoms with E-state index < -0.39 is 0 Å². The lowest BCUT2D eigenvalue weighted by Gasteiger charge is -2.29. The van der Waals surface area contributed by atoms with E-state index in [1.54, 1.807) is 13.2 Å². The number of piperazine rings is 1. The normalized spacial score (nSPS) is 19.5. The summed E-state index contributed by atoms with van der Waals surface area (Å²) in [5.74, 6) is 0.874. The summed E-state index contributed by atoms with van der Waals surface area (Å²) >= 11 is 12.2. The standard InChI is InChI=1S/C20H23Cl2N3O2/c1-27-19-7-6-16(21)12-15(19)13-24-8-10-25(11-9-24)14-20(26)23-18-5-3-2-4-17(18)22/h2-7,12H,8-11,13-14H2,1H3,(H,23,26)/p+2. The quantitative estimate of drug-likeness (QED) is 0.664. The molecule has 1 aliphatic rings. The number of halogens is 2. The van der Waals surface area contributed by atoms with E-state index >= 15 is 0 Å². The lowest BCUT2D eigenvalue weighted by molar-refractivity contribution is -1.02. The van der Waals surface area contributed by atoms with Gasteiger partial charge in [-0.1, -0.05) is 35.3 Å². The third-order valence-electron chi connectivity index (χ3n) is 4.91. The van der Waals surface area contributed by atoms with E-state index in [4.69, 9.17) is 27.9 Å². The predicted octanol–water partition coefficient (Wildman–Crippen LogP) is 0.924. The molecule has 2 aromatic rings. The average Bonchev–Trinajstić information content (AvgIpc) is 2.65. The minimum absolute atomic E-state index is 0.00180. The van der Waals surface area contributed by atoms with Crippen LogP contribution in [0.5, 0.6) is 5.75 Å². The molecule has 1 fully saturated rings. The molecule has 0 aliphatic carbocycles. The van der Waals surface area contributed by atoms with Gasteiger partial charge in [-0.2, -0.15) is 0 Å². The first-order chi connectivity index (χ1) is 13.0. The second-order valence-electron chi connectivity index (χ2n) is 6.84. The Morgan fingerprint density at radius 3 is 2.48 bits per heavy atom. The van der Waals surface area contributed by atoms with Crippen LogP contribution in [0.4, 0.5) is 5.69 Å². The number of methoxy groups -OCH3 is 1. The first-order valence-corrected chi connectivity index (χ1v) is 9.84. The van der Waals surface area contributed by atoms with Gasteiger partial charge in [0.05, 0.1) is 17.8 Å². The molecule has 1 saturated heterocycles. The average molecular weight is 410 g/mol. The molecule has 2 aromatic carbocycles. The molecule has 0 bridgehead atoms. The second kappa shape index (κ2) is 9.42. The van der Waals surface area contributed by atoms with Gasteiger partial charge in [0.1, 0.15) is 38.5 Å². The monoisotopic (exact) mass is 409 g/mol. The smallest absolute Gasteiger partial charge is 0.279 e. The fraction of sp³-hybridized carbons (Fsp3) is 0.350. The Kier molecular flexibility index (Phi) is 6.96. The van der Waals surface area contributed by atoms with Gasteiger partial charge >= 0.3 is 0 Å². The van der Waals surface area contributed by atoms with E-state index in [9.17, 15) is 4.79 Å². The van der Waals surface area contributed by atoms with Gasteiger partial charge in [0.2, 0.25) is 0 Å². The molecule has 0 spiro atoms. The van der Waals surface area contributed by atoms with Crippen molar-refractivity contribution >= 4 is 34.8 Å². The zero-order chi connectivity index (χ0) is 19.2. The number of hydrogen-bond acceptors (Lipinski definition) is 2.